The smallest absolute Gasteiger partial charge is 0.127 e. The van der Waals surface area contributed by atoms with E-state index in [1.165, 1.54) is 18.7 Å². The number of aryl methyl sites for hydroxylation is 1. The second-order valence-corrected chi connectivity index (χ2v) is 5.30. The highest BCUT2D eigenvalue weighted by atomic mass is 16.5. The van der Waals surface area contributed by atoms with Crippen LogP contribution < -0.4 is 5.73 Å². The molecular formula is C13H21N3O. The summed E-state index contributed by atoms with van der Waals surface area (Å²) >= 11 is 0. The summed E-state index contributed by atoms with van der Waals surface area (Å²) in [6.07, 6.45) is 5.67. The van der Waals surface area contributed by atoms with Gasteiger partial charge in [0, 0.05) is 31.6 Å². The van der Waals surface area contributed by atoms with Crippen LogP contribution in [0.4, 0.5) is 5.82 Å². The summed E-state index contributed by atoms with van der Waals surface area (Å²) in [5.74, 6) is 2.62. The number of hydrogen-bond acceptors (Lipinski definition) is 3. The maximum Gasteiger partial charge on any atom is 0.127 e. The predicted octanol–water partition coefficient (Wildman–Crippen LogP) is 2.26. The molecule has 94 valence electrons. The molecule has 1 atom stereocenters. The summed E-state index contributed by atoms with van der Waals surface area (Å²) in [5.41, 5.74) is 7.44. The standard InChI is InChI=1S/C13H21N3O/c1-9-3-2-4-11-15-12(13(14)16(9)11)10-5-7-17-8-6-10/h9-10H,2-8,14H2,1H3. The van der Waals surface area contributed by atoms with E-state index in [1.807, 2.05) is 0 Å². The number of anilines is 1. The second-order valence-electron chi connectivity index (χ2n) is 5.30. The number of imidazole rings is 1. The first kappa shape index (κ1) is 11.1. The summed E-state index contributed by atoms with van der Waals surface area (Å²) < 4.78 is 7.67. The number of aromatic nitrogens is 2. The van der Waals surface area contributed by atoms with Gasteiger partial charge in [0.15, 0.2) is 0 Å². The summed E-state index contributed by atoms with van der Waals surface area (Å²) in [4.78, 5) is 4.81. The minimum Gasteiger partial charge on any atom is -0.384 e. The maximum atomic E-state index is 6.31. The maximum absolute atomic E-state index is 6.31. The monoisotopic (exact) mass is 235 g/mol. The van der Waals surface area contributed by atoms with Crippen LogP contribution in [-0.2, 0) is 11.2 Å². The Labute approximate surface area is 102 Å². The second kappa shape index (κ2) is 4.33. The molecule has 1 aromatic heterocycles. The lowest BCUT2D eigenvalue weighted by atomic mass is 9.96. The van der Waals surface area contributed by atoms with Crippen LogP contribution in [-0.4, -0.2) is 22.8 Å². The van der Waals surface area contributed by atoms with E-state index >= 15 is 0 Å². The van der Waals surface area contributed by atoms with E-state index in [9.17, 15) is 0 Å². The molecule has 3 rings (SSSR count). The molecule has 17 heavy (non-hydrogen) atoms. The molecular weight excluding hydrogens is 214 g/mol. The van der Waals surface area contributed by atoms with Crippen molar-refractivity contribution in [3.05, 3.63) is 11.5 Å². The van der Waals surface area contributed by atoms with Crippen LogP contribution in [0.1, 0.15) is 56.1 Å². The highest BCUT2D eigenvalue weighted by Crippen LogP contribution is 2.35. The molecule has 1 unspecified atom stereocenters. The van der Waals surface area contributed by atoms with E-state index in [-0.39, 0.29) is 0 Å². The number of fused-ring (bicyclic) bond motifs is 1. The zero-order chi connectivity index (χ0) is 11.8. The summed E-state index contributed by atoms with van der Waals surface area (Å²) in [7, 11) is 0. The van der Waals surface area contributed by atoms with Crippen molar-refractivity contribution in [1.29, 1.82) is 0 Å². The Kier molecular flexibility index (Phi) is 2.82. The number of nitrogens with two attached hydrogens (primary N) is 1. The van der Waals surface area contributed by atoms with Gasteiger partial charge in [0.1, 0.15) is 11.6 Å². The largest absolute Gasteiger partial charge is 0.384 e. The van der Waals surface area contributed by atoms with Crippen LogP contribution >= 0.6 is 0 Å². The molecule has 0 bridgehead atoms. The van der Waals surface area contributed by atoms with Crippen molar-refractivity contribution in [2.75, 3.05) is 18.9 Å². The van der Waals surface area contributed by atoms with Crippen molar-refractivity contribution in [1.82, 2.24) is 9.55 Å². The lowest BCUT2D eigenvalue weighted by molar-refractivity contribution is 0.0847. The Balaban J connectivity index is 1.95. The van der Waals surface area contributed by atoms with Gasteiger partial charge in [0.05, 0.1) is 5.69 Å². The number of nitrogens with zero attached hydrogens (tertiary/aromatic N) is 2. The van der Waals surface area contributed by atoms with Gasteiger partial charge < -0.3 is 15.0 Å². The molecule has 4 nitrogen and oxygen atoms in total. The third-order valence-electron chi connectivity index (χ3n) is 4.12. The van der Waals surface area contributed by atoms with Gasteiger partial charge in [-0.05, 0) is 32.6 Å². The molecule has 1 aromatic rings. The normalized spacial score (nSPS) is 25.8. The van der Waals surface area contributed by atoms with Crippen molar-refractivity contribution in [2.45, 2.75) is 51.0 Å². The molecule has 2 aliphatic rings. The summed E-state index contributed by atoms with van der Waals surface area (Å²) in [6, 6.07) is 0.514. The fourth-order valence-corrected chi connectivity index (χ4v) is 3.14. The molecule has 0 radical (unpaired) electrons. The number of ether oxygens (including phenoxy) is 1. The van der Waals surface area contributed by atoms with Crippen LogP contribution in [0.2, 0.25) is 0 Å². The molecule has 3 heterocycles. The minimum atomic E-state index is 0.508. The van der Waals surface area contributed by atoms with E-state index < -0.39 is 0 Å². The lowest BCUT2D eigenvalue weighted by Gasteiger charge is -2.23. The van der Waals surface area contributed by atoms with E-state index in [1.54, 1.807) is 0 Å². The Morgan fingerprint density at radius 2 is 2.06 bits per heavy atom. The zero-order valence-electron chi connectivity index (χ0n) is 10.5. The summed E-state index contributed by atoms with van der Waals surface area (Å²) in [5, 5.41) is 0. The predicted molar refractivity (Wildman–Crippen MR) is 67.1 cm³/mol. The van der Waals surface area contributed by atoms with Gasteiger partial charge in [-0.1, -0.05) is 0 Å². The third kappa shape index (κ3) is 1.84. The Morgan fingerprint density at radius 3 is 2.76 bits per heavy atom. The average molecular weight is 235 g/mol. The van der Waals surface area contributed by atoms with Gasteiger partial charge in [0.25, 0.3) is 0 Å². The van der Waals surface area contributed by atoms with E-state index in [0.717, 1.165) is 44.0 Å². The SMILES string of the molecule is CC1CCCc2nc(C3CCOCC3)c(N)n21. The van der Waals surface area contributed by atoms with Crippen LogP contribution in [0.5, 0.6) is 0 Å². The highest BCUT2D eigenvalue weighted by Gasteiger charge is 2.27. The molecule has 2 N–H and O–H groups in total. The van der Waals surface area contributed by atoms with E-state index in [4.69, 9.17) is 15.5 Å². The van der Waals surface area contributed by atoms with Crippen molar-refractivity contribution < 1.29 is 4.74 Å². The average Bonchev–Trinajstić information content (AvgIpc) is 2.69. The van der Waals surface area contributed by atoms with Gasteiger partial charge in [-0.25, -0.2) is 4.98 Å². The third-order valence-corrected chi connectivity index (χ3v) is 4.12. The van der Waals surface area contributed by atoms with Crippen LogP contribution in [0.15, 0.2) is 0 Å². The Bertz CT molecular complexity index is 407. The molecule has 4 heteroatoms. The summed E-state index contributed by atoms with van der Waals surface area (Å²) in [6.45, 7) is 3.94. The topological polar surface area (TPSA) is 53.1 Å². The quantitative estimate of drug-likeness (QED) is 0.812. The highest BCUT2D eigenvalue weighted by molar-refractivity contribution is 5.42. The van der Waals surface area contributed by atoms with Crippen molar-refractivity contribution in [3.8, 4) is 0 Å². The van der Waals surface area contributed by atoms with Gasteiger partial charge >= 0.3 is 0 Å². The fraction of sp³-hybridized carbons (Fsp3) is 0.769. The van der Waals surface area contributed by atoms with Crippen molar-refractivity contribution in [3.63, 3.8) is 0 Å². The van der Waals surface area contributed by atoms with Crippen molar-refractivity contribution >= 4 is 5.82 Å². The minimum absolute atomic E-state index is 0.508. The Morgan fingerprint density at radius 1 is 1.29 bits per heavy atom. The molecule has 0 aromatic carbocycles. The van der Waals surface area contributed by atoms with Gasteiger partial charge in [-0.15, -0.1) is 0 Å². The van der Waals surface area contributed by atoms with E-state index in [0.29, 0.717) is 12.0 Å². The van der Waals surface area contributed by atoms with Gasteiger partial charge in [-0.3, -0.25) is 0 Å². The number of hydrogen-bond donors (Lipinski definition) is 1. The number of rotatable bonds is 1. The first-order chi connectivity index (χ1) is 8.27. The molecule has 0 spiro atoms. The zero-order valence-corrected chi connectivity index (χ0v) is 10.5. The van der Waals surface area contributed by atoms with E-state index in [2.05, 4.69) is 11.5 Å². The first-order valence-corrected chi connectivity index (χ1v) is 6.71. The molecule has 1 fully saturated rings. The van der Waals surface area contributed by atoms with Crippen molar-refractivity contribution in [2.24, 2.45) is 0 Å². The molecule has 2 aliphatic heterocycles. The van der Waals surface area contributed by atoms with Crippen LogP contribution in [0.3, 0.4) is 0 Å². The molecule has 0 aliphatic carbocycles. The fourth-order valence-electron chi connectivity index (χ4n) is 3.14. The molecule has 0 amide bonds. The molecule has 0 saturated carbocycles. The van der Waals surface area contributed by atoms with Crippen LogP contribution in [0.25, 0.3) is 0 Å². The van der Waals surface area contributed by atoms with Crippen LogP contribution in [0, 0.1) is 0 Å². The Hall–Kier alpha value is -1.03. The molecule has 1 saturated heterocycles. The van der Waals surface area contributed by atoms with Gasteiger partial charge in [-0.2, -0.15) is 0 Å². The van der Waals surface area contributed by atoms with Gasteiger partial charge in [0.2, 0.25) is 0 Å². The first-order valence-electron chi connectivity index (χ1n) is 6.71. The number of nitrogen functional groups attached to an aromatic ring is 1. The lowest BCUT2D eigenvalue weighted by Crippen LogP contribution is -2.18.